The molecule has 21 heavy (non-hydrogen) atoms. The smallest absolute Gasteiger partial charge is 0.239 e. The molecule has 6 nitrogen and oxygen atoms in total. The van der Waals surface area contributed by atoms with Crippen LogP contribution in [-0.4, -0.2) is 54.6 Å². The Hall–Kier alpha value is -1.53. The summed E-state index contributed by atoms with van der Waals surface area (Å²) >= 11 is 0. The van der Waals surface area contributed by atoms with Crippen molar-refractivity contribution >= 4 is 24.1 Å². The van der Waals surface area contributed by atoms with Gasteiger partial charge in [0.05, 0.1) is 12.6 Å². The summed E-state index contributed by atoms with van der Waals surface area (Å²) in [5.74, 6) is 1.55. The number of halogens is 1. The van der Waals surface area contributed by atoms with Crippen LogP contribution in [0.1, 0.15) is 13.8 Å². The Kier molecular flexibility index (Phi) is 6.71. The van der Waals surface area contributed by atoms with Gasteiger partial charge in [-0.05, 0) is 19.9 Å². The number of pyridine rings is 1. The van der Waals surface area contributed by atoms with E-state index >= 15 is 0 Å². The molecule has 7 heteroatoms. The lowest BCUT2D eigenvalue weighted by atomic mass is 10.2. The van der Waals surface area contributed by atoms with Gasteiger partial charge in [-0.3, -0.25) is 4.79 Å². The van der Waals surface area contributed by atoms with Crippen molar-refractivity contribution in [2.24, 2.45) is 5.73 Å². The van der Waals surface area contributed by atoms with Crippen LogP contribution in [0.25, 0.3) is 0 Å². The lowest BCUT2D eigenvalue weighted by molar-refractivity contribution is -0.132. The standard InChI is InChI=1S/C14H22N4O2.ClH/c1-3-20-13-6-4-5-12(16-13)17-7-9-18(10-8-17)14(19)11(2)15;/h4-6,11H,3,7-10,15H2,1-2H3;1H. The molecule has 0 saturated carbocycles. The molecule has 1 aliphatic heterocycles. The molecular weight excluding hydrogens is 292 g/mol. The summed E-state index contributed by atoms with van der Waals surface area (Å²) in [5.41, 5.74) is 5.63. The van der Waals surface area contributed by atoms with E-state index in [9.17, 15) is 4.79 Å². The Bertz CT molecular complexity index is 462. The molecule has 118 valence electrons. The number of hydrogen-bond donors (Lipinski definition) is 1. The minimum Gasteiger partial charge on any atom is -0.478 e. The van der Waals surface area contributed by atoms with Crippen LogP contribution in [0.5, 0.6) is 5.88 Å². The van der Waals surface area contributed by atoms with Crippen LogP contribution in [-0.2, 0) is 4.79 Å². The average molecular weight is 315 g/mol. The Morgan fingerprint density at radius 1 is 1.38 bits per heavy atom. The van der Waals surface area contributed by atoms with E-state index in [1.807, 2.05) is 30.0 Å². The third kappa shape index (κ3) is 4.47. The van der Waals surface area contributed by atoms with Crippen molar-refractivity contribution in [1.29, 1.82) is 0 Å². The van der Waals surface area contributed by atoms with Gasteiger partial charge in [-0.15, -0.1) is 12.4 Å². The van der Waals surface area contributed by atoms with Crippen molar-refractivity contribution in [3.8, 4) is 5.88 Å². The second kappa shape index (κ2) is 8.05. The molecule has 0 bridgehead atoms. The average Bonchev–Trinajstić information content (AvgIpc) is 2.47. The molecule has 0 radical (unpaired) electrons. The second-order valence-corrected chi connectivity index (χ2v) is 4.87. The van der Waals surface area contributed by atoms with Crippen molar-refractivity contribution in [2.75, 3.05) is 37.7 Å². The predicted molar refractivity (Wildman–Crippen MR) is 85.1 cm³/mol. The fraction of sp³-hybridized carbons (Fsp3) is 0.571. The van der Waals surface area contributed by atoms with E-state index < -0.39 is 6.04 Å². The number of ether oxygens (including phenoxy) is 1. The SMILES string of the molecule is CCOc1cccc(N2CCN(C(=O)C(C)N)CC2)n1.Cl. The van der Waals surface area contributed by atoms with Crippen LogP contribution in [0, 0.1) is 0 Å². The summed E-state index contributed by atoms with van der Waals surface area (Å²) in [5, 5.41) is 0. The zero-order valence-corrected chi connectivity index (χ0v) is 13.3. The highest BCUT2D eigenvalue weighted by atomic mass is 35.5. The van der Waals surface area contributed by atoms with Gasteiger partial charge in [-0.1, -0.05) is 6.07 Å². The lowest BCUT2D eigenvalue weighted by Crippen LogP contribution is -2.52. The second-order valence-electron chi connectivity index (χ2n) is 4.87. The number of carbonyl (C=O) groups is 1. The molecule has 1 aromatic heterocycles. The maximum absolute atomic E-state index is 11.8. The summed E-state index contributed by atoms with van der Waals surface area (Å²) in [4.78, 5) is 20.3. The van der Waals surface area contributed by atoms with E-state index in [0.717, 1.165) is 18.9 Å². The molecule has 2 N–H and O–H groups in total. The number of piperazine rings is 1. The molecule has 1 atom stereocenters. The normalized spacial score (nSPS) is 16.1. The van der Waals surface area contributed by atoms with Gasteiger partial charge in [-0.2, -0.15) is 4.98 Å². The highest BCUT2D eigenvalue weighted by molar-refractivity contribution is 5.85. The molecule has 2 rings (SSSR count). The van der Waals surface area contributed by atoms with Crippen molar-refractivity contribution in [2.45, 2.75) is 19.9 Å². The molecule has 0 aromatic carbocycles. The lowest BCUT2D eigenvalue weighted by Gasteiger charge is -2.36. The van der Waals surface area contributed by atoms with Crippen molar-refractivity contribution in [3.05, 3.63) is 18.2 Å². The molecule has 2 heterocycles. The minimum atomic E-state index is -0.430. The molecule has 0 spiro atoms. The van der Waals surface area contributed by atoms with Gasteiger partial charge >= 0.3 is 0 Å². The van der Waals surface area contributed by atoms with Crippen LogP contribution in [0.3, 0.4) is 0 Å². The summed E-state index contributed by atoms with van der Waals surface area (Å²) in [6, 6.07) is 5.32. The Morgan fingerprint density at radius 2 is 2.05 bits per heavy atom. The van der Waals surface area contributed by atoms with Gasteiger partial charge in [0.1, 0.15) is 5.82 Å². The molecule has 0 aliphatic carbocycles. The first-order valence-electron chi connectivity index (χ1n) is 7.01. The highest BCUT2D eigenvalue weighted by Gasteiger charge is 2.23. The monoisotopic (exact) mass is 314 g/mol. The Labute approximate surface area is 131 Å². The minimum absolute atomic E-state index is 0. The van der Waals surface area contributed by atoms with E-state index in [0.29, 0.717) is 25.6 Å². The van der Waals surface area contributed by atoms with Gasteiger partial charge < -0.3 is 20.3 Å². The van der Waals surface area contributed by atoms with E-state index in [4.69, 9.17) is 10.5 Å². The third-order valence-electron chi connectivity index (χ3n) is 3.31. The summed E-state index contributed by atoms with van der Waals surface area (Å²) in [6.07, 6.45) is 0. The quantitative estimate of drug-likeness (QED) is 0.894. The fourth-order valence-electron chi connectivity index (χ4n) is 2.25. The van der Waals surface area contributed by atoms with Crippen LogP contribution < -0.4 is 15.4 Å². The van der Waals surface area contributed by atoms with Gasteiger partial charge in [0.2, 0.25) is 11.8 Å². The fourth-order valence-corrected chi connectivity index (χ4v) is 2.25. The molecule has 1 fully saturated rings. The summed E-state index contributed by atoms with van der Waals surface area (Å²) < 4.78 is 5.41. The van der Waals surface area contributed by atoms with Gasteiger partial charge in [-0.25, -0.2) is 0 Å². The van der Waals surface area contributed by atoms with Gasteiger partial charge in [0.25, 0.3) is 0 Å². The highest BCUT2D eigenvalue weighted by Crippen LogP contribution is 2.17. The predicted octanol–water partition coefficient (Wildman–Crippen LogP) is 0.898. The van der Waals surface area contributed by atoms with E-state index in [1.165, 1.54) is 0 Å². The third-order valence-corrected chi connectivity index (χ3v) is 3.31. The van der Waals surface area contributed by atoms with Gasteiger partial charge in [0.15, 0.2) is 0 Å². The summed E-state index contributed by atoms with van der Waals surface area (Å²) in [6.45, 7) is 7.16. The number of nitrogens with two attached hydrogens (primary N) is 1. The van der Waals surface area contributed by atoms with Crippen molar-refractivity contribution in [3.63, 3.8) is 0 Å². The van der Waals surface area contributed by atoms with Crippen molar-refractivity contribution in [1.82, 2.24) is 9.88 Å². The number of carbonyl (C=O) groups excluding carboxylic acids is 1. The number of nitrogens with zero attached hydrogens (tertiary/aromatic N) is 3. The number of amides is 1. The number of anilines is 1. The number of aromatic nitrogens is 1. The maximum Gasteiger partial charge on any atom is 0.239 e. The maximum atomic E-state index is 11.8. The Balaban J connectivity index is 0.00000220. The van der Waals surface area contributed by atoms with Crippen LogP contribution in [0.15, 0.2) is 18.2 Å². The number of hydrogen-bond acceptors (Lipinski definition) is 5. The van der Waals surface area contributed by atoms with Gasteiger partial charge in [0, 0.05) is 32.2 Å². The zero-order valence-electron chi connectivity index (χ0n) is 12.5. The Morgan fingerprint density at radius 3 is 2.62 bits per heavy atom. The first-order valence-corrected chi connectivity index (χ1v) is 7.01. The molecule has 1 aliphatic rings. The summed E-state index contributed by atoms with van der Waals surface area (Å²) in [7, 11) is 0. The topological polar surface area (TPSA) is 71.7 Å². The molecule has 1 unspecified atom stereocenters. The first-order chi connectivity index (χ1) is 9.61. The van der Waals surface area contributed by atoms with Crippen molar-refractivity contribution < 1.29 is 9.53 Å². The van der Waals surface area contributed by atoms with E-state index in [2.05, 4.69) is 9.88 Å². The van der Waals surface area contributed by atoms with E-state index in [-0.39, 0.29) is 18.3 Å². The first kappa shape index (κ1) is 17.5. The molecule has 1 aromatic rings. The zero-order chi connectivity index (χ0) is 14.5. The van der Waals surface area contributed by atoms with Crippen LogP contribution in [0.2, 0.25) is 0 Å². The molecule has 1 saturated heterocycles. The van der Waals surface area contributed by atoms with Crippen LogP contribution in [0.4, 0.5) is 5.82 Å². The largest absolute Gasteiger partial charge is 0.478 e. The van der Waals surface area contributed by atoms with E-state index in [1.54, 1.807) is 6.92 Å². The van der Waals surface area contributed by atoms with Crippen LogP contribution >= 0.6 is 12.4 Å². The number of rotatable bonds is 4. The molecule has 1 amide bonds. The molecular formula is C14H23ClN4O2.